The van der Waals surface area contributed by atoms with Gasteiger partial charge in [0.2, 0.25) is 0 Å². The normalized spacial score (nSPS) is 10.8. The first-order valence-electron chi connectivity index (χ1n) is 7.61. The standard InChI is InChI=1S/C17H18N4O3/c1-5-24-17(22)15-11(3)21-16(19-18-15)14(10(2)20-21)12-8-6-7-9-13(12)23-4/h6-9H,5H2,1-4H3. The number of rotatable bonds is 4. The van der Waals surface area contributed by atoms with Gasteiger partial charge in [0.05, 0.1) is 30.7 Å². The zero-order chi connectivity index (χ0) is 17.3. The van der Waals surface area contributed by atoms with Crippen LogP contribution in [-0.4, -0.2) is 39.5 Å². The molecule has 0 aliphatic rings. The molecule has 0 amide bonds. The van der Waals surface area contributed by atoms with Crippen LogP contribution in [-0.2, 0) is 4.74 Å². The minimum absolute atomic E-state index is 0.165. The van der Waals surface area contributed by atoms with Crippen LogP contribution >= 0.6 is 0 Å². The molecule has 0 saturated heterocycles. The van der Waals surface area contributed by atoms with Crippen molar-refractivity contribution in [3.63, 3.8) is 0 Å². The SMILES string of the molecule is CCOC(=O)c1nnc2c(-c3ccccc3OC)c(C)nn2c1C. The predicted molar refractivity (Wildman–Crippen MR) is 88.2 cm³/mol. The van der Waals surface area contributed by atoms with Gasteiger partial charge in [0.15, 0.2) is 11.3 Å². The van der Waals surface area contributed by atoms with Gasteiger partial charge >= 0.3 is 5.97 Å². The van der Waals surface area contributed by atoms with Gasteiger partial charge in [-0.25, -0.2) is 9.31 Å². The summed E-state index contributed by atoms with van der Waals surface area (Å²) in [6, 6.07) is 7.65. The molecule has 0 aliphatic carbocycles. The molecule has 0 N–H and O–H groups in total. The Balaban J connectivity index is 2.23. The number of hydrogen-bond donors (Lipinski definition) is 0. The average Bonchev–Trinajstić information content (AvgIpc) is 2.92. The Morgan fingerprint density at radius 2 is 1.96 bits per heavy atom. The van der Waals surface area contributed by atoms with Gasteiger partial charge in [-0.05, 0) is 26.8 Å². The topological polar surface area (TPSA) is 78.6 Å². The molecule has 7 heteroatoms. The van der Waals surface area contributed by atoms with Gasteiger partial charge in [0.1, 0.15) is 5.75 Å². The van der Waals surface area contributed by atoms with Crippen LogP contribution in [0.2, 0.25) is 0 Å². The summed E-state index contributed by atoms with van der Waals surface area (Å²) in [5.74, 6) is 0.223. The van der Waals surface area contributed by atoms with Gasteiger partial charge in [-0.3, -0.25) is 0 Å². The van der Waals surface area contributed by atoms with Crippen molar-refractivity contribution in [3.05, 3.63) is 41.3 Å². The molecule has 0 bridgehead atoms. The highest BCUT2D eigenvalue weighted by molar-refractivity contribution is 5.89. The third-order valence-corrected chi connectivity index (χ3v) is 3.79. The lowest BCUT2D eigenvalue weighted by Crippen LogP contribution is -2.14. The maximum atomic E-state index is 12.0. The lowest BCUT2D eigenvalue weighted by Gasteiger charge is -2.08. The summed E-state index contributed by atoms with van der Waals surface area (Å²) in [7, 11) is 1.62. The molecule has 0 spiro atoms. The quantitative estimate of drug-likeness (QED) is 0.686. The number of ether oxygens (including phenoxy) is 2. The molecule has 3 rings (SSSR count). The smallest absolute Gasteiger partial charge is 0.360 e. The largest absolute Gasteiger partial charge is 0.496 e. The lowest BCUT2D eigenvalue weighted by molar-refractivity contribution is 0.0516. The molecule has 0 aliphatic heterocycles. The molecule has 0 saturated carbocycles. The number of methoxy groups -OCH3 is 1. The summed E-state index contributed by atoms with van der Waals surface area (Å²) in [6.45, 7) is 5.69. The second-order valence-electron chi connectivity index (χ2n) is 5.25. The fraction of sp³-hybridized carbons (Fsp3) is 0.294. The Hall–Kier alpha value is -2.96. The van der Waals surface area contributed by atoms with E-state index in [4.69, 9.17) is 9.47 Å². The predicted octanol–water partition coefficient (Wildman–Crippen LogP) is 2.59. The fourth-order valence-electron chi connectivity index (χ4n) is 2.67. The number of carbonyl (C=O) groups is 1. The molecule has 7 nitrogen and oxygen atoms in total. The molecular formula is C17H18N4O3. The van der Waals surface area contributed by atoms with Crippen LogP contribution in [0.1, 0.15) is 28.8 Å². The van der Waals surface area contributed by atoms with E-state index in [0.717, 1.165) is 22.6 Å². The van der Waals surface area contributed by atoms with Crippen LogP contribution in [0, 0.1) is 13.8 Å². The summed E-state index contributed by atoms with van der Waals surface area (Å²) in [5, 5.41) is 12.8. The number of para-hydroxylation sites is 1. The number of benzene rings is 1. The van der Waals surface area contributed by atoms with Crippen LogP contribution in [0.4, 0.5) is 0 Å². The molecule has 2 aromatic heterocycles. The molecule has 0 unspecified atom stereocenters. The number of esters is 1. The van der Waals surface area contributed by atoms with Crippen molar-refractivity contribution >= 4 is 11.6 Å². The first-order valence-corrected chi connectivity index (χ1v) is 7.61. The van der Waals surface area contributed by atoms with Crippen molar-refractivity contribution in [1.82, 2.24) is 19.8 Å². The van der Waals surface area contributed by atoms with Gasteiger partial charge in [0, 0.05) is 5.56 Å². The second-order valence-corrected chi connectivity index (χ2v) is 5.25. The maximum Gasteiger partial charge on any atom is 0.360 e. The van der Waals surface area contributed by atoms with Crippen molar-refractivity contribution < 1.29 is 14.3 Å². The molecular weight excluding hydrogens is 308 g/mol. The van der Waals surface area contributed by atoms with Crippen LogP contribution in [0.25, 0.3) is 16.8 Å². The highest BCUT2D eigenvalue weighted by Crippen LogP contribution is 2.34. The van der Waals surface area contributed by atoms with E-state index in [1.165, 1.54) is 0 Å². The first kappa shape index (κ1) is 15.9. The van der Waals surface area contributed by atoms with E-state index in [1.807, 2.05) is 31.2 Å². The van der Waals surface area contributed by atoms with Gasteiger partial charge in [-0.2, -0.15) is 5.10 Å². The van der Waals surface area contributed by atoms with Gasteiger partial charge in [-0.1, -0.05) is 18.2 Å². The molecule has 2 heterocycles. The van der Waals surface area contributed by atoms with Crippen LogP contribution in [0.3, 0.4) is 0 Å². The first-order chi connectivity index (χ1) is 11.6. The number of nitrogens with zero attached hydrogens (tertiary/aromatic N) is 4. The van der Waals surface area contributed by atoms with Crippen molar-refractivity contribution in [2.45, 2.75) is 20.8 Å². The number of aromatic nitrogens is 4. The summed E-state index contributed by atoms with van der Waals surface area (Å²) in [4.78, 5) is 12.0. The maximum absolute atomic E-state index is 12.0. The molecule has 0 radical (unpaired) electrons. The zero-order valence-corrected chi connectivity index (χ0v) is 14.0. The van der Waals surface area contributed by atoms with Crippen LogP contribution < -0.4 is 4.74 Å². The van der Waals surface area contributed by atoms with E-state index in [1.54, 1.807) is 25.5 Å². The number of hydrogen-bond acceptors (Lipinski definition) is 6. The van der Waals surface area contributed by atoms with E-state index < -0.39 is 5.97 Å². The molecule has 124 valence electrons. The highest BCUT2D eigenvalue weighted by Gasteiger charge is 2.22. The van der Waals surface area contributed by atoms with Crippen LogP contribution in [0.5, 0.6) is 5.75 Å². The van der Waals surface area contributed by atoms with Crippen molar-refractivity contribution in [2.24, 2.45) is 0 Å². The van der Waals surface area contributed by atoms with E-state index in [-0.39, 0.29) is 12.3 Å². The van der Waals surface area contributed by atoms with Gasteiger partial charge < -0.3 is 9.47 Å². The number of carbonyl (C=O) groups excluding carboxylic acids is 1. The Bertz CT molecular complexity index is 918. The fourth-order valence-corrected chi connectivity index (χ4v) is 2.67. The Labute approximate surface area is 139 Å². The van der Waals surface area contributed by atoms with E-state index in [9.17, 15) is 4.79 Å². The summed E-state index contributed by atoms with van der Waals surface area (Å²) in [6.07, 6.45) is 0. The monoisotopic (exact) mass is 326 g/mol. The van der Waals surface area contributed by atoms with Crippen molar-refractivity contribution in [1.29, 1.82) is 0 Å². The van der Waals surface area contributed by atoms with Gasteiger partial charge in [-0.15, -0.1) is 10.2 Å². The molecule has 24 heavy (non-hydrogen) atoms. The summed E-state index contributed by atoms with van der Waals surface area (Å²) in [5.41, 5.74) is 3.81. The number of fused-ring (bicyclic) bond motifs is 1. The minimum atomic E-state index is -0.503. The Kier molecular flexibility index (Phi) is 4.16. The molecule has 3 aromatic rings. The molecule has 0 fully saturated rings. The third-order valence-electron chi connectivity index (χ3n) is 3.79. The number of aryl methyl sites for hydroxylation is 2. The highest BCUT2D eigenvalue weighted by atomic mass is 16.5. The van der Waals surface area contributed by atoms with E-state index >= 15 is 0 Å². The second kappa shape index (κ2) is 6.27. The summed E-state index contributed by atoms with van der Waals surface area (Å²) < 4.78 is 12.1. The Morgan fingerprint density at radius 3 is 2.67 bits per heavy atom. The lowest BCUT2D eigenvalue weighted by atomic mass is 10.1. The van der Waals surface area contributed by atoms with Crippen LogP contribution in [0.15, 0.2) is 24.3 Å². The molecule has 1 aromatic carbocycles. The van der Waals surface area contributed by atoms with Crippen molar-refractivity contribution in [2.75, 3.05) is 13.7 Å². The third kappa shape index (κ3) is 2.47. The van der Waals surface area contributed by atoms with E-state index in [0.29, 0.717) is 11.3 Å². The van der Waals surface area contributed by atoms with Crippen molar-refractivity contribution in [3.8, 4) is 16.9 Å². The van der Waals surface area contributed by atoms with E-state index in [2.05, 4.69) is 15.3 Å². The zero-order valence-electron chi connectivity index (χ0n) is 14.0. The molecule has 0 atom stereocenters. The Morgan fingerprint density at radius 1 is 1.21 bits per heavy atom. The average molecular weight is 326 g/mol. The summed E-state index contributed by atoms with van der Waals surface area (Å²) >= 11 is 0. The van der Waals surface area contributed by atoms with Gasteiger partial charge in [0.25, 0.3) is 0 Å². The minimum Gasteiger partial charge on any atom is -0.496 e.